The number of thiophene rings is 1. The lowest BCUT2D eigenvalue weighted by atomic mass is 9.99. The third-order valence-electron chi connectivity index (χ3n) is 3.89. The Bertz CT molecular complexity index is 822. The summed E-state index contributed by atoms with van der Waals surface area (Å²) in [6, 6.07) is 18.3. The molecular formula is C19H18ClNOS. The third-order valence-corrected chi connectivity index (χ3v) is 5.19. The van der Waals surface area contributed by atoms with Crippen molar-refractivity contribution in [2.75, 3.05) is 0 Å². The first kappa shape index (κ1) is 16.0. The normalized spacial score (nSPS) is 12.3. The molecule has 0 saturated carbocycles. The minimum absolute atomic E-state index is 0.0134. The summed E-state index contributed by atoms with van der Waals surface area (Å²) in [6.45, 7) is 2.03. The van der Waals surface area contributed by atoms with Gasteiger partial charge in [0.15, 0.2) is 0 Å². The molecule has 23 heavy (non-hydrogen) atoms. The number of carbonyl (C=O) groups is 1. The predicted octanol–water partition coefficient (Wildman–Crippen LogP) is 5.36. The van der Waals surface area contributed by atoms with E-state index in [0.29, 0.717) is 6.42 Å². The van der Waals surface area contributed by atoms with Gasteiger partial charge >= 0.3 is 0 Å². The summed E-state index contributed by atoms with van der Waals surface area (Å²) in [6.07, 6.45) is 1.21. The van der Waals surface area contributed by atoms with E-state index in [1.807, 2.05) is 37.3 Å². The predicted molar refractivity (Wildman–Crippen MR) is 98.2 cm³/mol. The van der Waals surface area contributed by atoms with E-state index in [-0.39, 0.29) is 11.9 Å². The summed E-state index contributed by atoms with van der Waals surface area (Å²) in [5, 5.41) is 5.48. The van der Waals surface area contributed by atoms with E-state index in [2.05, 4.69) is 29.6 Å². The van der Waals surface area contributed by atoms with Gasteiger partial charge in [-0.2, -0.15) is 0 Å². The summed E-state index contributed by atoms with van der Waals surface area (Å²) in [5.74, 6) is 0.0648. The van der Waals surface area contributed by atoms with Crippen LogP contribution in [0.2, 0.25) is 4.34 Å². The van der Waals surface area contributed by atoms with Gasteiger partial charge in [-0.15, -0.1) is 11.3 Å². The van der Waals surface area contributed by atoms with Crippen LogP contribution in [0, 0.1) is 0 Å². The zero-order chi connectivity index (χ0) is 16.2. The van der Waals surface area contributed by atoms with Gasteiger partial charge in [-0.1, -0.05) is 54.1 Å². The van der Waals surface area contributed by atoms with Crippen molar-refractivity contribution in [3.63, 3.8) is 0 Å². The van der Waals surface area contributed by atoms with Crippen LogP contribution in [-0.4, -0.2) is 5.91 Å². The van der Waals surface area contributed by atoms with Crippen molar-refractivity contribution in [2.45, 2.75) is 25.8 Å². The van der Waals surface area contributed by atoms with E-state index in [4.69, 9.17) is 11.6 Å². The van der Waals surface area contributed by atoms with Crippen LogP contribution in [0.25, 0.3) is 10.8 Å². The van der Waals surface area contributed by atoms with Crippen LogP contribution >= 0.6 is 22.9 Å². The Kier molecular flexibility index (Phi) is 4.99. The highest BCUT2D eigenvalue weighted by molar-refractivity contribution is 7.16. The summed E-state index contributed by atoms with van der Waals surface area (Å²) in [4.78, 5) is 13.3. The SMILES string of the molecule is C[C@@H](NC(=O)CCc1ccc(Cl)s1)c1cccc2ccccc12. The summed E-state index contributed by atoms with van der Waals surface area (Å²) in [5.41, 5.74) is 1.15. The second-order valence-electron chi connectivity index (χ2n) is 5.56. The van der Waals surface area contributed by atoms with Gasteiger partial charge in [0.2, 0.25) is 5.91 Å². The largest absolute Gasteiger partial charge is 0.350 e. The van der Waals surface area contributed by atoms with Gasteiger partial charge < -0.3 is 5.32 Å². The molecule has 118 valence electrons. The fraction of sp³-hybridized carbons (Fsp3) is 0.211. The maximum atomic E-state index is 12.2. The number of carbonyl (C=O) groups excluding carboxylic acids is 1. The number of benzene rings is 2. The second-order valence-corrected chi connectivity index (χ2v) is 7.36. The summed E-state index contributed by atoms with van der Waals surface area (Å²) in [7, 11) is 0. The Hall–Kier alpha value is -1.84. The Morgan fingerprint density at radius 2 is 1.91 bits per heavy atom. The summed E-state index contributed by atoms with van der Waals surface area (Å²) < 4.78 is 0.768. The van der Waals surface area contributed by atoms with Crippen molar-refractivity contribution in [3.05, 3.63) is 69.4 Å². The van der Waals surface area contributed by atoms with Crippen molar-refractivity contribution < 1.29 is 4.79 Å². The molecule has 0 unspecified atom stereocenters. The number of nitrogens with one attached hydrogen (secondary N) is 1. The van der Waals surface area contributed by atoms with Gasteiger partial charge in [-0.3, -0.25) is 4.79 Å². The molecule has 1 amide bonds. The molecule has 0 saturated heterocycles. The molecule has 0 aliphatic carbocycles. The van der Waals surface area contributed by atoms with Crippen LogP contribution in [0.4, 0.5) is 0 Å². The number of rotatable bonds is 5. The van der Waals surface area contributed by atoms with Gasteiger partial charge in [0.05, 0.1) is 10.4 Å². The lowest BCUT2D eigenvalue weighted by molar-refractivity contribution is -0.121. The van der Waals surface area contributed by atoms with Crippen LogP contribution in [0.5, 0.6) is 0 Å². The van der Waals surface area contributed by atoms with Crippen molar-refractivity contribution >= 4 is 39.6 Å². The molecular weight excluding hydrogens is 326 g/mol. The second kappa shape index (κ2) is 7.16. The first-order valence-corrected chi connectivity index (χ1v) is 8.84. The fourth-order valence-corrected chi connectivity index (χ4v) is 3.83. The average Bonchev–Trinajstić information content (AvgIpc) is 2.98. The maximum Gasteiger partial charge on any atom is 0.220 e. The Balaban J connectivity index is 1.65. The van der Waals surface area contributed by atoms with Crippen molar-refractivity contribution in [1.82, 2.24) is 5.32 Å². The van der Waals surface area contributed by atoms with Crippen LogP contribution in [0.3, 0.4) is 0 Å². The zero-order valence-corrected chi connectivity index (χ0v) is 14.5. The average molecular weight is 344 g/mol. The monoisotopic (exact) mass is 343 g/mol. The molecule has 3 aromatic rings. The van der Waals surface area contributed by atoms with Crippen LogP contribution in [-0.2, 0) is 11.2 Å². The molecule has 2 aromatic carbocycles. The lowest BCUT2D eigenvalue weighted by Crippen LogP contribution is -2.26. The van der Waals surface area contributed by atoms with Gasteiger partial charge in [0.1, 0.15) is 0 Å². The van der Waals surface area contributed by atoms with E-state index in [0.717, 1.165) is 21.2 Å². The van der Waals surface area contributed by atoms with Crippen LogP contribution in [0.15, 0.2) is 54.6 Å². The highest BCUT2D eigenvalue weighted by atomic mass is 35.5. The first-order chi connectivity index (χ1) is 11.1. The maximum absolute atomic E-state index is 12.2. The highest BCUT2D eigenvalue weighted by Gasteiger charge is 2.12. The van der Waals surface area contributed by atoms with Gasteiger partial charge in [-0.05, 0) is 41.8 Å². The number of aryl methyl sites for hydroxylation is 1. The molecule has 0 aliphatic heterocycles. The molecule has 1 N–H and O–H groups in total. The molecule has 0 fully saturated rings. The van der Waals surface area contributed by atoms with E-state index in [1.165, 1.54) is 22.1 Å². The molecule has 0 radical (unpaired) electrons. The van der Waals surface area contributed by atoms with Crippen molar-refractivity contribution in [3.8, 4) is 0 Å². The Labute approximate surface area is 145 Å². The number of halogens is 1. The van der Waals surface area contributed by atoms with Crippen LogP contribution in [0.1, 0.15) is 29.8 Å². The molecule has 0 aliphatic rings. The van der Waals surface area contributed by atoms with Crippen molar-refractivity contribution in [1.29, 1.82) is 0 Å². The number of amides is 1. The number of fused-ring (bicyclic) bond motifs is 1. The van der Waals surface area contributed by atoms with Gasteiger partial charge in [0.25, 0.3) is 0 Å². The Morgan fingerprint density at radius 3 is 2.70 bits per heavy atom. The topological polar surface area (TPSA) is 29.1 Å². The summed E-state index contributed by atoms with van der Waals surface area (Å²) >= 11 is 7.45. The van der Waals surface area contributed by atoms with E-state index in [1.54, 1.807) is 0 Å². The van der Waals surface area contributed by atoms with Gasteiger partial charge in [0, 0.05) is 11.3 Å². The fourth-order valence-electron chi connectivity index (χ4n) is 2.74. The van der Waals surface area contributed by atoms with Crippen LogP contribution < -0.4 is 5.32 Å². The number of hydrogen-bond acceptors (Lipinski definition) is 2. The van der Waals surface area contributed by atoms with Gasteiger partial charge in [-0.25, -0.2) is 0 Å². The molecule has 1 aromatic heterocycles. The lowest BCUT2D eigenvalue weighted by Gasteiger charge is -2.16. The molecule has 0 bridgehead atoms. The minimum Gasteiger partial charge on any atom is -0.350 e. The third kappa shape index (κ3) is 3.92. The highest BCUT2D eigenvalue weighted by Crippen LogP contribution is 2.25. The minimum atomic E-state index is -0.0134. The molecule has 0 spiro atoms. The van der Waals surface area contributed by atoms with E-state index in [9.17, 15) is 4.79 Å². The smallest absolute Gasteiger partial charge is 0.220 e. The zero-order valence-electron chi connectivity index (χ0n) is 12.9. The number of hydrogen-bond donors (Lipinski definition) is 1. The van der Waals surface area contributed by atoms with E-state index < -0.39 is 0 Å². The molecule has 2 nitrogen and oxygen atoms in total. The molecule has 3 rings (SSSR count). The Morgan fingerprint density at radius 1 is 1.13 bits per heavy atom. The first-order valence-electron chi connectivity index (χ1n) is 7.65. The molecule has 1 atom stereocenters. The van der Waals surface area contributed by atoms with E-state index >= 15 is 0 Å². The van der Waals surface area contributed by atoms with Crippen molar-refractivity contribution in [2.24, 2.45) is 0 Å². The molecule has 1 heterocycles. The standard InChI is InChI=1S/C19H18ClNOS/c1-13(16-8-4-6-14-5-2-3-7-17(14)16)21-19(22)12-10-15-9-11-18(20)23-15/h2-9,11,13H,10,12H2,1H3,(H,21,22)/t13-/m1/s1. The quantitative estimate of drug-likeness (QED) is 0.663. The molecule has 4 heteroatoms.